The number of hydrogen-bond donors (Lipinski definition) is 0. The summed E-state index contributed by atoms with van der Waals surface area (Å²) in [6.07, 6.45) is -1.85. The molecule has 19 heteroatoms. The van der Waals surface area contributed by atoms with E-state index in [1.807, 2.05) is 59.7 Å². The van der Waals surface area contributed by atoms with Gasteiger partial charge in [0.1, 0.15) is 18.4 Å². The van der Waals surface area contributed by atoms with Crippen LogP contribution < -0.4 is 0 Å². The van der Waals surface area contributed by atoms with Crippen molar-refractivity contribution in [3.63, 3.8) is 0 Å². The topological polar surface area (TPSA) is 206 Å². The van der Waals surface area contributed by atoms with Crippen LogP contribution in [0.3, 0.4) is 0 Å². The van der Waals surface area contributed by atoms with Crippen molar-refractivity contribution in [2.45, 2.75) is 211 Å². The Kier molecular flexibility index (Phi) is 17.1. The van der Waals surface area contributed by atoms with Gasteiger partial charge in [0, 0.05) is 44.8 Å². The average Bonchev–Trinajstić information content (AvgIpc) is 3.57. The van der Waals surface area contributed by atoms with Gasteiger partial charge in [-0.1, -0.05) is 19.9 Å². The standard InChI is InChI=1S/C49H77N3O16/c1-15-35-49(11)40(67-46(57)68-49)30(6)42(54)52-25-59-48(10,23-26(52)2)39(66-45-38(62-32(8)53)34(51(12)13)22-27(3)60-45)28(4)37(29(5)43(55)63-35)64-36-24-47(9,58-14)41(31(7)61-36)65-44(56)33-18-16-17-20-50-21-19-33/h17,20-21,26-31,33-41,45H,15-16,18-19,22-25H2,1-14H3/b20-17-,50-21?/t26-,27-,28+,29-,30-,31+,33?,34+,35-,36+,37+,38-,39-,40-,41+,45+,47-,48-,49-/m1/s1. The first-order valence-corrected chi connectivity index (χ1v) is 24.4. The molecule has 6 fully saturated rings. The van der Waals surface area contributed by atoms with Crippen molar-refractivity contribution in [2.24, 2.45) is 28.7 Å². The number of carbonyl (C=O) groups is 5. The summed E-state index contributed by atoms with van der Waals surface area (Å²) < 4.78 is 70.4. The number of fused-ring (bicyclic) bond motifs is 9. The van der Waals surface area contributed by atoms with Crippen LogP contribution in [0.25, 0.3) is 0 Å². The lowest BCUT2D eigenvalue weighted by Gasteiger charge is -2.52. The van der Waals surface area contributed by atoms with E-state index in [0.29, 0.717) is 25.7 Å². The van der Waals surface area contributed by atoms with Crippen LogP contribution in [0, 0.1) is 23.7 Å². The van der Waals surface area contributed by atoms with Gasteiger partial charge >= 0.3 is 24.1 Å². The molecule has 2 bridgehead atoms. The predicted octanol–water partition coefficient (Wildman–Crippen LogP) is 5.48. The molecule has 7 aliphatic heterocycles. The highest BCUT2D eigenvalue weighted by Gasteiger charge is 2.60. The average molecular weight is 964 g/mol. The minimum Gasteiger partial charge on any atom is -0.458 e. The van der Waals surface area contributed by atoms with Crippen LogP contribution in [-0.2, 0) is 71.3 Å². The summed E-state index contributed by atoms with van der Waals surface area (Å²) in [6.45, 7) is 19.2. The van der Waals surface area contributed by atoms with Gasteiger partial charge in [0.15, 0.2) is 36.5 Å². The third kappa shape index (κ3) is 11.2. The number of ether oxygens (including phenoxy) is 11. The minimum atomic E-state index is -1.55. The smallest absolute Gasteiger partial charge is 0.458 e. The van der Waals surface area contributed by atoms with Crippen molar-refractivity contribution < 1.29 is 76.1 Å². The molecule has 68 heavy (non-hydrogen) atoms. The van der Waals surface area contributed by atoms with Gasteiger partial charge in [0.25, 0.3) is 0 Å². The number of carbonyl (C=O) groups excluding carboxylic acids is 5. The van der Waals surface area contributed by atoms with Crippen molar-refractivity contribution in [1.82, 2.24) is 9.80 Å². The van der Waals surface area contributed by atoms with Gasteiger partial charge in [-0.3, -0.25) is 24.2 Å². The maximum absolute atomic E-state index is 14.9. The molecule has 1 amide bonds. The van der Waals surface area contributed by atoms with E-state index in [9.17, 15) is 24.0 Å². The summed E-state index contributed by atoms with van der Waals surface area (Å²) in [5.74, 6) is -5.07. The maximum Gasteiger partial charge on any atom is 0.509 e. The fourth-order valence-electron chi connectivity index (χ4n) is 11.3. The fourth-order valence-corrected chi connectivity index (χ4v) is 11.3. The highest BCUT2D eigenvalue weighted by atomic mass is 16.8. The summed E-state index contributed by atoms with van der Waals surface area (Å²) in [7, 11) is 5.35. The molecule has 7 rings (SSSR count). The van der Waals surface area contributed by atoms with Crippen LogP contribution in [0.4, 0.5) is 4.79 Å². The van der Waals surface area contributed by atoms with Crippen molar-refractivity contribution in [3.8, 4) is 0 Å². The Morgan fingerprint density at radius 3 is 2.29 bits per heavy atom. The summed E-state index contributed by atoms with van der Waals surface area (Å²) >= 11 is 0. The van der Waals surface area contributed by atoms with Crippen LogP contribution in [0.15, 0.2) is 17.3 Å². The van der Waals surface area contributed by atoms with Crippen molar-refractivity contribution in [3.05, 3.63) is 12.3 Å². The Hall–Kier alpha value is -3.72. The second-order valence-corrected chi connectivity index (χ2v) is 20.7. The lowest BCUT2D eigenvalue weighted by atomic mass is 9.77. The first-order chi connectivity index (χ1) is 32.0. The molecule has 7 heterocycles. The molecule has 0 radical (unpaired) electrons. The largest absolute Gasteiger partial charge is 0.509 e. The normalized spacial score (nSPS) is 44.3. The molecule has 0 aromatic heterocycles. The molecule has 0 aromatic rings. The Morgan fingerprint density at radius 1 is 0.926 bits per heavy atom. The molecular formula is C49H77N3O16. The number of rotatable bonds is 10. The Bertz CT molecular complexity index is 1880. The molecule has 0 N–H and O–H groups in total. The lowest BCUT2D eigenvalue weighted by molar-refractivity contribution is -0.327. The zero-order valence-corrected chi connectivity index (χ0v) is 42.5. The van der Waals surface area contributed by atoms with E-state index in [1.54, 1.807) is 59.0 Å². The van der Waals surface area contributed by atoms with Crippen LogP contribution >= 0.6 is 0 Å². The highest BCUT2D eigenvalue weighted by molar-refractivity contribution is 5.81. The zero-order valence-electron chi connectivity index (χ0n) is 42.5. The third-order valence-corrected chi connectivity index (χ3v) is 15.2. The van der Waals surface area contributed by atoms with Crippen LogP contribution in [0.1, 0.15) is 121 Å². The van der Waals surface area contributed by atoms with Crippen molar-refractivity contribution in [1.29, 1.82) is 0 Å². The summed E-state index contributed by atoms with van der Waals surface area (Å²) in [4.78, 5) is 76.5. The molecule has 19 atom stereocenters. The first-order valence-electron chi connectivity index (χ1n) is 24.4. The number of aliphatic imine (C=N–C) groups is 1. The lowest BCUT2D eigenvalue weighted by Crippen LogP contribution is -2.64. The van der Waals surface area contributed by atoms with Gasteiger partial charge < -0.3 is 61.9 Å². The Morgan fingerprint density at radius 2 is 1.65 bits per heavy atom. The van der Waals surface area contributed by atoms with E-state index in [1.165, 1.54) is 6.92 Å². The van der Waals surface area contributed by atoms with Gasteiger partial charge in [-0.2, -0.15) is 0 Å². The predicted molar refractivity (Wildman–Crippen MR) is 244 cm³/mol. The number of nitrogens with zero attached hydrogens (tertiary/aromatic N) is 3. The van der Waals surface area contributed by atoms with E-state index in [0.717, 1.165) is 0 Å². The number of allylic oxidation sites excluding steroid dienone is 1. The number of hydrogen-bond acceptors (Lipinski definition) is 18. The van der Waals surface area contributed by atoms with Gasteiger partial charge in [0.2, 0.25) is 5.91 Å². The number of esters is 3. The van der Waals surface area contributed by atoms with E-state index < -0.39 is 120 Å². The SMILES string of the molecule is CC[C@H]1OC(=O)[C@H](C)[C@@H](O[C@H]2C[C@@](C)(OC)[C@@H](OC(=O)C3CC=N/C=C\CC3)[C@H](C)O2)[C@H](C)[C@@H](O[C@@H]2O[C@H](C)C[C@H](N(C)C)[C@H]2OC(C)=O)[C@@]2(C)C[C@@H](C)N(CO2)C(=O)[C@H](C)[C@H]2OC(=O)O[C@@]21C. The Labute approximate surface area is 401 Å². The maximum atomic E-state index is 14.9. The molecule has 0 aromatic carbocycles. The summed E-state index contributed by atoms with van der Waals surface area (Å²) in [5.41, 5.74) is -3.84. The molecule has 0 aliphatic carbocycles. The van der Waals surface area contributed by atoms with Crippen LogP contribution in [-0.4, -0.2) is 164 Å². The van der Waals surface area contributed by atoms with Crippen molar-refractivity contribution in [2.75, 3.05) is 27.9 Å². The summed E-state index contributed by atoms with van der Waals surface area (Å²) in [5, 5.41) is 0. The Balaban J connectivity index is 1.41. The van der Waals surface area contributed by atoms with E-state index in [4.69, 9.17) is 52.1 Å². The van der Waals surface area contributed by atoms with Gasteiger partial charge in [-0.05, 0) is 108 Å². The second kappa shape index (κ2) is 21.7. The van der Waals surface area contributed by atoms with E-state index in [2.05, 4.69) is 4.99 Å². The molecule has 0 spiro atoms. The molecule has 6 saturated heterocycles. The van der Waals surface area contributed by atoms with Crippen LogP contribution in [0.5, 0.6) is 0 Å². The number of likely N-dealkylation sites (N-methyl/N-ethyl adjacent to an activating group) is 1. The van der Waals surface area contributed by atoms with Crippen LogP contribution in [0.2, 0.25) is 0 Å². The zero-order chi connectivity index (χ0) is 50.0. The third-order valence-electron chi connectivity index (χ3n) is 15.2. The van der Waals surface area contributed by atoms with Crippen molar-refractivity contribution >= 4 is 36.2 Å². The highest BCUT2D eigenvalue weighted by Crippen LogP contribution is 2.45. The quantitative estimate of drug-likeness (QED) is 0.196. The van der Waals surface area contributed by atoms with Gasteiger partial charge in [-0.25, -0.2) is 4.79 Å². The molecule has 19 nitrogen and oxygen atoms in total. The monoisotopic (exact) mass is 964 g/mol. The molecular weight excluding hydrogens is 887 g/mol. The molecule has 1 unspecified atom stereocenters. The number of amides is 1. The van der Waals surface area contributed by atoms with Gasteiger partial charge in [-0.15, -0.1) is 0 Å². The second-order valence-electron chi connectivity index (χ2n) is 20.7. The van der Waals surface area contributed by atoms with Gasteiger partial charge in [0.05, 0.1) is 53.8 Å². The molecule has 7 aliphatic rings. The fraction of sp³-hybridized carbons (Fsp3) is 0.837. The minimum absolute atomic E-state index is 0.0871. The molecule has 384 valence electrons. The first kappa shape index (κ1) is 53.6. The van der Waals surface area contributed by atoms with E-state index >= 15 is 0 Å². The van der Waals surface area contributed by atoms with E-state index in [-0.39, 0.29) is 50.0 Å². The summed E-state index contributed by atoms with van der Waals surface area (Å²) in [6, 6.07) is -0.723. The number of methoxy groups -OCH3 is 1. The molecule has 0 saturated carbocycles.